The number of methoxy groups -OCH3 is 2. The van der Waals surface area contributed by atoms with Gasteiger partial charge in [-0.05, 0) is 84.8 Å². The number of ether oxygens (including phenoxy) is 2. The Hall–Kier alpha value is -5.80. The third-order valence-electron chi connectivity index (χ3n) is 7.51. The maximum atomic E-state index is 14.1. The van der Waals surface area contributed by atoms with Gasteiger partial charge in [-0.2, -0.15) is 0 Å². The van der Waals surface area contributed by atoms with Gasteiger partial charge in [0.05, 0.1) is 19.5 Å². The molecule has 0 aromatic heterocycles. The molecule has 3 amide bonds. The molecule has 9 heteroatoms. The number of carbonyl (C=O) groups excluding carboxylic acids is 3. The van der Waals surface area contributed by atoms with Crippen molar-refractivity contribution in [3.05, 3.63) is 150 Å². The van der Waals surface area contributed by atoms with Crippen molar-refractivity contribution in [1.29, 1.82) is 0 Å². The molecule has 248 valence electrons. The van der Waals surface area contributed by atoms with Gasteiger partial charge in [0.2, 0.25) is 5.91 Å². The molecule has 0 aliphatic rings. The van der Waals surface area contributed by atoms with Crippen LogP contribution in [0, 0.1) is 0 Å². The van der Waals surface area contributed by atoms with E-state index in [0.29, 0.717) is 34.7 Å². The van der Waals surface area contributed by atoms with Gasteiger partial charge in [0, 0.05) is 27.5 Å². The van der Waals surface area contributed by atoms with E-state index >= 15 is 0 Å². The lowest BCUT2D eigenvalue weighted by atomic mass is 10.1. The van der Waals surface area contributed by atoms with Gasteiger partial charge in [0.1, 0.15) is 5.70 Å². The van der Waals surface area contributed by atoms with Gasteiger partial charge in [-0.1, -0.05) is 73.7 Å². The minimum absolute atomic E-state index is 0.0297. The number of amides is 3. The summed E-state index contributed by atoms with van der Waals surface area (Å²) in [5, 5.41) is 5.28. The van der Waals surface area contributed by atoms with E-state index < -0.39 is 17.1 Å². The summed E-state index contributed by atoms with van der Waals surface area (Å²) in [6, 6.07) is 40.3. The van der Waals surface area contributed by atoms with Crippen LogP contribution < -0.4 is 25.0 Å². The van der Waals surface area contributed by atoms with Gasteiger partial charge in [0.15, 0.2) is 11.5 Å². The first-order chi connectivity index (χ1) is 23.9. The lowest BCUT2D eigenvalue weighted by Crippen LogP contribution is -2.34. The lowest BCUT2D eigenvalue weighted by molar-refractivity contribution is -0.117. The Morgan fingerprint density at radius 1 is 0.735 bits per heavy atom. The molecular weight excluding hydrogens is 635 g/mol. The first kappa shape index (κ1) is 34.5. The van der Waals surface area contributed by atoms with Crippen LogP contribution in [0.1, 0.15) is 29.3 Å². The van der Waals surface area contributed by atoms with Crippen LogP contribution in [0.5, 0.6) is 11.5 Å². The van der Waals surface area contributed by atoms with Gasteiger partial charge in [-0.25, -0.2) is 0 Å². The molecule has 0 heterocycles. The van der Waals surface area contributed by atoms with Crippen LogP contribution in [0.15, 0.2) is 144 Å². The van der Waals surface area contributed by atoms with Crippen molar-refractivity contribution in [2.24, 2.45) is 0 Å². The zero-order chi connectivity index (χ0) is 34.6. The summed E-state index contributed by atoms with van der Waals surface area (Å²) in [4.78, 5) is 43.5. The molecule has 5 aromatic carbocycles. The molecule has 2 N–H and O–H groups in total. The highest BCUT2D eigenvalue weighted by atomic mass is 32.2. The monoisotopic (exact) mass is 671 g/mol. The molecule has 49 heavy (non-hydrogen) atoms. The zero-order valence-electron chi connectivity index (χ0n) is 27.5. The Morgan fingerprint density at radius 3 is 1.94 bits per heavy atom. The normalized spacial score (nSPS) is 11.6. The first-order valence-corrected chi connectivity index (χ1v) is 16.6. The highest BCUT2D eigenvalue weighted by Gasteiger charge is 2.27. The van der Waals surface area contributed by atoms with Crippen molar-refractivity contribution in [2.75, 3.05) is 24.4 Å². The fraction of sp³-hybridized carbons (Fsp3) is 0.125. The van der Waals surface area contributed by atoms with E-state index in [4.69, 9.17) is 9.47 Å². The van der Waals surface area contributed by atoms with Crippen molar-refractivity contribution >= 4 is 52.6 Å². The number of hydrogen-bond donors (Lipinski definition) is 2. The van der Waals surface area contributed by atoms with Crippen molar-refractivity contribution < 1.29 is 23.9 Å². The summed E-state index contributed by atoms with van der Waals surface area (Å²) in [6.45, 7) is 1.98. The third kappa shape index (κ3) is 8.97. The molecule has 0 bridgehead atoms. The maximum absolute atomic E-state index is 14.1. The Labute approximate surface area is 290 Å². The molecule has 8 nitrogen and oxygen atoms in total. The predicted octanol–water partition coefficient (Wildman–Crippen LogP) is 8.35. The number of anilines is 3. The van der Waals surface area contributed by atoms with E-state index in [2.05, 4.69) is 10.6 Å². The predicted molar refractivity (Wildman–Crippen MR) is 196 cm³/mol. The number of para-hydroxylation sites is 2. The average Bonchev–Trinajstić information content (AvgIpc) is 3.14. The molecule has 1 atom stereocenters. The standard InChI is InChI=1S/C40H37N3O5S/c1-4-37(40(46)43(31-18-10-6-11-19-31)32-20-12-7-13-21-32)49-33-22-14-17-30(27-33)41-39(45)34(42-38(44)29-15-8-5-9-16-29)25-28-23-24-35(47-2)36(26-28)48-3/h5-27,37H,4H2,1-3H3,(H,41,45)(H,42,44)/b34-25+. The van der Waals surface area contributed by atoms with Crippen molar-refractivity contribution in [3.63, 3.8) is 0 Å². The summed E-state index contributed by atoms with van der Waals surface area (Å²) in [6.07, 6.45) is 2.16. The van der Waals surface area contributed by atoms with Crippen molar-refractivity contribution in [2.45, 2.75) is 23.5 Å². The molecule has 0 aliphatic heterocycles. The van der Waals surface area contributed by atoms with E-state index in [9.17, 15) is 14.4 Å². The molecule has 0 aliphatic carbocycles. The summed E-state index contributed by atoms with van der Waals surface area (Å²) in [5.74, 6) is 0.00489. The summed E-state index contributed by atoms with van der Waals surface area (Å²) >= 11 is 1.43. The number of nitrogens with zero attached hydrogens (tertiary/aromatic N) is 1. The molecular formula is C40H37N3O5S. The molecule has 1 unspecified atom stereocenters. The smallest absolute Gasteiger partial charge is 0.272 e. The van der Waals surface area contributed by atoms with Gasteiger partial charge < -0.3 is 20.1 Å². The number of thioether (sulfide) groups is 1. The quantitative estimate of drug-likeness (QED) is 0.0965. The van der Waals surface area contributed by atoms with E-state index in [1.165, 1.54) is 18.9 Å². The van der Waals surface area contributed by atoms with E-state index in [1.54, 1.807) is 66.6 Å². The second-order valence-electron chi connectivity index (χ2n) is 10.8. The van der Waals surface area contributed by atoms with Crippen LogP contribution in [-0.4, -0.2) is 37.2 Å². The van der Waals surface area contributed by atoms with Crippen molar-refractivity contribution in [1.82, 2.24) is 5.32 Å². The van der Waals surface area contributed by atoms with Gasteiger partial charge in [-0.15, -0.1) is 11.8 Å². The summed E-state index contributed by atoms with van der Waals surface area (Å²) in [7, 11) is 3.07. The molecule has 0 radical (unpaired) electrons. The fourth-order valence-corrected chi connectivity index (χ4v) is 6.13. The molecule has 0 spiro atoms. The highest BCUT2D eigenvalue weighted by Crippen LogP contribution is 2.34. The van der Waals surface area contributed by atoms with Crippen LogP contribution >= 0.6 is 11.8 Å². The SMILES string of the molecule is CCC(Sc1cccc(NC(=O)/C(=C\c2ccc(OC)c(OC)c2)NC(=O)c2ccccc2)c1)C(=O)N(c1ccccc1)c1ccccc1. The topological polar surface area (TPSA) is 97.0 Å². The van der Waals surface area contributed by atoms with E-state index in [-0.39, 0.29) is 11.6 Å². The Kier molecular flexibility index (Phi) is 11.9. The number of nitrogens with one attached hydrogen (secondary N) is 2. The second-order valence-corrected chi connectivity index (χ2v) is 12.1. The lowest BCUT2D eigenvalue weighted by Gasteiger charge is -2.27. The minimum Gasteiger partial charge on any atom is -0.493 e. The van der Waals surface area contributed by atoms with Crippen LogP contribution in [0.25, 0.3) is 6.08 Å². The Morgan fingerprint density at radius 2 is 1.35 bits per heavy atom. The average molecular weight is 672 g/mol. The van der Waals surface area contributed by atoms with Crippen LogP contribution in [0.2, 0.25) is 0 Å². The fourth-order valence-electron chi connectivity index (χ4n) is 5.07. The van der Waals surface area contributed by atoms with Crippen LogP contribution in [-0.2, 0) is 9.59 Å². The highest BCUT2D eigenvalue weighted by molar-refractivity contribution is 8.00. The van der Waals surface area contributed by atoms with Gasteiger partial charge in [0.25, 0.3) is 11.8 Å². The molecule has 5 aromatic rings. The van der Waals surface area contributed by atoms with E-state index in [1.807, 2.05) is 91.9 Å². The first-order valence-electron chi connectivity index (χ1n) is 15.7. The molecule has 5 rings (SSSR count). The van der Waals surface area contributed by atoms with Crippen LogP contribution in [0.3, 0.4) is 0 Å². The minimum atomic E-state index is -0.524. The second kappa shape index (κ2) is 16.9. The molecule has 0 fully saturated rings. The third-order valence-corrected chi connectivity index (χ3v) is 8.86. The number of rotatable bonds is 13. The Bertz CT molecular complexity index is 1880. The van der Waals surface area contributed by atoms with Crippen molar-refractivity contribution in [3.8, 4) is 11.5 Å². The number of carbonyl (C=O) groups is 3. The zero-order valence-corrected chi connectivity index (χ0v) is 28.3. The largest absolute Gasteiger partial charge is 0.493 e. The van der Waals surface area contributed by atoms with E-state index in [0.717, 1.165) is 16.3 Å². The summed E-state index contributed by atoms with van der Waals surface area (Å²) < 4.78 is 10.8. The maximum Gasteiger partial charge on any atom is 0.272 e. The number of hydrogen-bond acceptors (Lipinski definition) is 6. The van der Waals surface area contributed by atoms with Gasteiger partial charge in [-0.3, -0.25) is 19.3 Å². The van der Waals surface area contributed by atoms with Crippen LogP contribution in [0.4, 0.5) is 17.1 Å². The molecule has 0 saturated carbocycles. The van der Waals surface area contributed by atoms with Gasteiger partial charge >= 0.3 is 0 Å². The number of benzene rings is 5. The summed E-state index contributed by atoms with van der Waals surface area (Å²) in [5.41, 5.74) is 3.12. The Balaban J connectivity index is 1.39. The molecule has 0 saturated heterocycles.